The molecule has 29 heavy (non-hydrogen) atoms. The maximum Gasteiger partial charge on any atom is 1.00 e. The van der Waals surface area contributed by atoms with Gasteiger partial charge in [-0.15, -0.1) is 11.8 Å². The number of nitrogens with two attached hydrogens (primary N) is 1. The Hall–Kier alpha value is 0.916. The summed E-state index contributed by atoms with van der Waals surface area (Å²) in [5, 5.41) is 0. The molecule has 1 aromatic carbocycles. The van der Waals surface area contributed by atoms with Crippen LogP contribution in [0.25, 0.3) is 0 Å². The minimum atomic E-state index is -4.43. The molecule has 0 saturated heterocycles. The van der Waals surface area contributed by atoms with Crippen LogP contribution in [0.2, 0.25) is 0 Å². The van der Waals surface area contributed by atoms with Gasteiger partial charge in [0.05, 0.1) is 4.90 Å². The molecule has 0 radical (unpaired) electrons. The molecule has 1 aromatic rings. The fraction of sp³-hybridized carbons (Fsp3) is 0.727. The predicted molar refractivity (Wildman–Crippen MR) is 120 cm³/mol. The summed E-state index contributed by atoms with van der Waals surface area (Å²) in [5.41, 5.74) is 6.22. The van der Waals surface area contributed by atoms with Crippen molar-refractivity contribution in [3.05, 3.63) is 18.2 Å². The Kier molecular flexibility index (Phi) is 19.1. The minimum absolute atomic E-state index is 0. The molecule has 0 heterocycles. The molecule has 0 bridgehead atoms. The maximum atomic E-state index is 11.0. The number of unbranched alkanes of at least 4 members (excludes halogenated alkanes) is 13. The van der Waals surface area contributed by atoms with Crippen molar-refractivity contribution in [2.24, 2.45) is 0 Å². The Balaban J connectivity index is 0.00000784. The van der Waals surface area contributed by atoms with E-state index < -0.39 is 10.1 Å². The molecule has 0 atom stereocenters. The number of rotatable bonds is 17. The van der Waals surface area contributed by atoms with Gasteiger partial charge >= 0.3 is 51.4 Å². The number of benzene rings is 1. The molecule has 2 N–H and O–H groups in total. The van der Waals surface area contributed by atoms with Crippen LogP contribution in [-0.2, 0) is 10.1 Å². The van der Waals surface area contributed by atoms with Crippen molar-refractivity contribution in [3.63, 3.8) is 0 Å². The van der Waals surface area contributed by atoms with Gasteiger partial charge in [0.1, 0.15) is 10.1 Å². The molecule has 0 spiro atoms. The summed E-state index contributed by atoms with van der Waals surface area (Å²) in [6.45, 7) is 2.26. The third kappa shape index (κ3) is 15.4. The number of hydrogen-bond acceptors (Lipinski definition) is 5. The van der Waals surface area contributed by atoms with Crippen LogP contribution >= 0.6 is 11.8 Å². The first-order valence-corrected chi connectivity index (χ1v) is 13.3. The van der Waals surface area contributed by atoms with Gasteiger partial charge in [-0.05, 0) is 30.4 Å². The molecular weight excluding hydrogens is 429 g/mol. The number of nitrogen functional groups attached to an aromatic ring is 1. The Labute approximate surface area is 225 Å². The SMILES string of the molecule is CCCCCCCCCCCCCCCCSc1ccc(S(=O)(=O)[O-])cc1N.[K+]. The van der Waals surface area contributed by atoms with Gasteiger partial charge in [-0.3, -0.25) is 0 Å². The van der Waals surface area contributed by atoms with Gasteiger partial charge < -0.3 is 10.3 Å². The van der Waals surface area contributed by atoms with E-state index in [4.69, 9.17) is 5.73 Å². The van der Waals surface area contributed by atoms with E-state index in [1.165, 1.54) is 95.6 Å². The van der Waals surface area contributed by atoms with E-state index in [2.05, 4.69) is 6.92 Å². The van der Waals surface area contributed by atoms with Crippen molar-refractivity contribution in [1.29, 1.82) is 0 Å². The monoisotopic (exact) mass is 467 g/mol. The Morgan fingerprint density at radius 1 is 0.828 bits per heavy atom. The first-order chi connectivity index (χ1) is 13.4. The molecule has 0 fully saturated rings. The molecule has 0 unspecified atom stereocenters. The first kappa shape index (κ1) is 29.9. The predicted octanol–water partition coefficient (Wildman–Crippen LogP) is 3.75. The van der Waals surface area contributed by atoms with Gasteiger partial charge in [0.25, 0.3) is 0 Å². The summed E-state index contributed by atoms with van der Waals surface area (Å²) < 4.78 is 33.0. The summed E-state index contributed by atoms with van der Waals surface area (Å²) >= 11 is 1.63. The van der Waals surface area contributed by atoms with Crippen molar-refractivity contribution in [2.75, 3.05) is 11.5 Å². The average Bonchev–Trinajstić information content (AvgIpc) is 2.65. The van der Waals surface area contributed by atoms with E-state index in [9.17, 15) is 13.0 Å². The van der Waals surface area contributed by atoms with E-state index in [1.54, 1.807) is 17.8 Å². The molecule has 0 aliphatic carbocycles. The van der Waals surface area contributed by atoms with E-state index in [1.807, 2.05) is 0 Å². The summed E-state index contributed by atoms with van der Waals surface area (Å²) in [5.74, 6) is 0.964. The number of thioether (sulfide) groups is 1. The first-order valence-electron chi connectivity index (χ1n) is 10.9. The third-order valence-electron chi connectivity index (χ3n) is 5.03. The second-order valence-corrected chi connectivity index (χ2v) is 10.1. The third-order valence-corrected chi connectivity index (χ3v) is 7.03. The zero-order valence-corrected chi connectivity index (χ0v) is 23.2. The van der Waals surface area contributed by atoms with Crippen LogP contribution in [-0.4, -0.2) is 18.7 Å². The number of anilines is 1. The Morgan fingerprint density at radius 2 is 1.28 bits per heavy atom. The minimum Gasteiger partial charge on any atom is -0.744 e. The average molecular weight is 468 g/mol. The summed E-state index contributed by atoms with van der Waals surface area (Å²) in [6, 6.07) is 4.23. The van der Waals surface area contributed by atoms with E-state index >= 15 is 0 Å². The van der Waals surface area contributed by atoms with Gasteiger partial charge in [0, 0.05) is 10.6 Å². The normalized spacial score (nSPS) is 11.4. The fourth-order valence-electron chi connectivity index (χ4n) is 3.29. The van der Waals surface area contributed by atoms with Gasteiger partial charge in [0.2, 0.25) is 0 Å². The van der Waals surface area contributed by atoms with E-state index in [0.29, 0.717) is 5.69 Å². The topological polar surface area (TPSA) is 83.2 Å². The second kappa shape index (κ2) is 18.5. The van der Waals surface area contributed by atoms with Gasteiger partial charge in [0.15, 0.2) is 0 Å². The molecule has 0 amide bonds. The van der Waals surface area contributed by atoms with Crippen molar-refractivity contribution in [3.8, 4) is 0 Å². The van der Waals surface area contributed by atoms with Crippen LogP contribution in [0.15, 0.2) is 28.0 Å². The van der Waals surface area contributed by atoms with Gasteiger partial charge in [-0.1, -0.05) is 90.4 Å². The van der Waals surface area contributed by atoms with Crippen LogP contribution in [0.4, 0.5) is 5.69 Å². The van der Waals surface area contributed by atoms with E-state index in [0.717, 1.165) is 17.1 Å². The number of hydrogen-bond donors (Lipinski definition) is 1. The molecule has 0 aliphatic heterocycles. The molecular formula is C22H38KNO3S2. The van der Waals surface area contributed by atoms with Crippen LogP contribution in [0.5, 0.6) is 0 Å². The maximum absolute atomic E-state index is 11.0. The quantitative estimate of drug-likeness (QED) is 0.124. The summed E-state index contributed by atoms with van der Waals surface area (Å²) in [4.78, 5) is 0.591. The van der Waals surface area contributed by atoms with Crippen LogP contribution in [0.3, 0.4) is 0 Å². The smallest absolute Gasteiger partial charge is 0.744 e. The molecule has 7 heteroatoms. The van der Waals surface area contributed by atoms with Gasteiger partial charge in [-0.2, -0.15) is 0 Å². The fourth-order valence-corrected chi connectivity index (χ4v) is 4.76. The van der Waals surface area contributed by atoms with Crippen LogP contribution in [0, 0.1) is 0 Å². The second-order valence-electron chi connectivity index (χ2n) is 7.60. The van der Waals surface area contributed by atoms with Crippen LogP contribution in [0.1, 0.15) is 96.8 Å². The molecule has 1 rings (SSSR count). The van der Waals surface area contributed by atoms with Crippen molar-refractivity contribution in [1.82, 2.24) is 0 Å². The Morgan fingerprint density at radius 3 is 1.69 bits per heavy atom. The zero-order valence-electron chi connectivity index (χ0n) is 18.5. The largest absolute Gasteiger partial charge is 1.00 e. The van der Waals surface area contributed by atoms with E-state index in [-0.39, 0.29) is 56.3 Å². The standard InChI is InChI=1S/C22H39NO3S2.K/c1-2-3-4-5-6-7-8-9-10-11-12-13-14-15-18-27-22-17-16-20(19-21(22)23)28(24,25)26;/h16-17,19H,2-15,18,23H2,1H3,(H,24,25,26);/q;+1/p-1. The summed E-state index contributed by atoms with van der Waals surface area (Å²) in [7, 11) is -4.43. The molecule has 162 valence electrons. The Bertz CT molecular complexity index is 639. The van der Waals surface area contributed by atoms with Crippen molar-refractivity contribution < 1.29 is 64.4 Å². The van der Waals surface area contributed by atoms with Crippen LogP contribution < -0.4 is 57.1 Å². The zero-order chi connectivity index (χ0) is 20.7. The van der Waals surface area contributed by atoms with Gasteiger partial charge in [-0.25, -0.2) is 8.42 Å². The van der Waals surface area contributed by atoms with Crippen molar-refractivity contribution in [2.45, 2.75) is 107 Å². The summed E-state index contributed by atoms with van der Waals surface area (Å²) in [6.07, 6.45) is 18.8. The molecule has 0 saturated carbocycles. The molecule has 0 aliphatic rings. The molecule has 4 nitrogen and oxygen atoms in total. The van der Waals surface area contributed by atoms with Crippen molar-refractivity contribution >= 4 is 27.6 Å². The molecule has 0 aromatic heterocycles.